The van der Waals surface area contributed by atoms with Crippen LogP contribution in [0.2, 0.25) is 0 Å². The first-order chi connectivity index (χ1) is 6.75. The van der Waals surface area contributed by atoms with Crippen LogP contribution in [0, 0.1) is 5.92 Å². The van der Waals surface area contributed by atoms with E-state index in [0.29, 0.717) is 0 Å². The van der Waals surface area contributed by atoms with Crippen molar-refractivity contribution in [3.63, 3.8) is 0 Å². The second-order valence-corrected chi connectivity index (χ2v) is 5.36. The molecule has 2 rings (SSSR count). The summed E-state index contributed by atoms with van der Waals surface area (Å²) in [7, 11) is 0. The Morgan fingerprint density at radius 1 is 1.29 bits per heavy atom. The number of nitrogens with one attached hydrogen (secondary N) is 1. The standard InChI is InChI=1S/C12H24N2/c1-10(2)9-13-11-5-7-14-6-3-4-12(14)8-11/h10-13H,3-9H2,1-2H3. The van der Waals surface area contributed by atoms with Gasteiger partial charge in [-0.3, -0.25) is 0 Å². The maximum atomic E-state index is 3.71. The molecular formula is C12H24N2. The molecule has 2 nitrogen and oxygen atoms in total. The first-order valence-electron chi connectivity index (χ1n) is 6.23. The van der Waals surface area contributed by atoms with Gasteiger partial charge in [-0.25, -0.2) is 0 Å². The van der Waals surface area contributed by atoms with Gasteiger partial charge in [0.2, 0.25) is 0 Å². The van der Waals surface area contributed by atoms with E-state index in [1.807, 2.05) is 0 Å². The van der Waals surface area contributed by atoms with Gasteiger partial charge in [-0.1, -0.05) is 13.8 Å². The van der Waals surface area contributed by atoms with Crippen molar-refractivity contribution < 1.29 is 0 Å². The molecule has 0 aliphatic carbocycles. The fourth-order valence-electron chi connectivity index (χ4n) is 2.81. The summed E-state index contributed by atoms with van der Waals surface area (Å²) in [5.74, 6) is 0.789. The molecule has 82 valence electrons. The topological polar surface area (TPSA) is 15.3 Å². The molecule has 2 saturated heterocycles. The first kappa shape index (κ1) is 10.4. The number of piperidine rings is 1. The Morgan fingerprint density at radius 2 is 2.14 bits per heavy atom. The Bertz CT molecular complexity index is 179. The smallest absolute Gasteiger partial charge is 0.0111 e. The van der Waals surface area contributed by atoms with Crippen molar-refractivity contribution in [1.82, 2.24) is 10.2 Å². The Kier molecular flexibility index (Phi) is 3.45. The zero-order chi connectivity index (χ0) is 9.97. The molecule has 2 fully saturated rings. The third-order valence-electron chi connectivity index (χ3n) is 3.64. The summed E-state index contributed by atoms with van der Waals surface area (Å²) in [6, 6.07) is 1.71. The molecule has 2 heterocycles. The van der Waals surface area contributed by atoms with Crippen LogP contribution in [0.5, 0.6) is 0 Å². The van der Waals surface area contributed by atoms with Gasteiger partial charge < -0.3 is 10.2 Å². The summed E-state index contributed by atoms with van der Waals surface area (Å²) in [5.41, 5.74) is 0. The summed E-state index contributed by atoms with van der Waals surface area (Å²) in [6.45, 7) is 8.47. The lowest BCUT2D eigenvalue weighted by atomic mass is 9.97. The summed E-state index contributed by atoms with van der Waals surface area (Å²) in [4.78, 5) is 2.69. The van der Waals surface area contributed by atoms with E-state index < -0.39 is 0 Å². The zero-order valence-corrected chi connectivity index (χ0v) is 9.63. The summed E-state index contributed by atoms with van der Waals surface area (Å²) in [5, 5.41) is 3.71. The fourth-order valence-corrected chi connectivity index (χ4v) is 2.81. The number of hydrogen-bond donors (Lipinski definition) is 1. The van der Waals surface area contributed by atoms with E-state index in [2.05, 4.69) is 24.1 Å². The molecule has 0 aromatic heterocycles. The van der Waals surface area contributed by atoms with Crippen molar-refractivity contribution in [1.29, 1.82) is 0 Å². The van der Waals surface area contributed by atoms with Crippen LogP contribution in [0.25, 0.3) is 0 Å². The Labute approximate surface area is 88.1 Å². The van der Waals surface area contributed by atoms with Crippen molar-refractivity contribution in [2.45, 2.75) is 51.6 Å². The maximum absolute atomic E-state index is 3.71. The van der Waals surface area contributed by atoms with Gasteiger partial charge in [0.15, 0.2) is 0 Å². The molecule has 0 spiro atoms. The molecule has 0 saturated carbocycles. The number of fused-ring (bicyclic) bond motifs is 1. The van der Waals surface area contributed by atoms with E-state index in [9.17, 15) is 0 Å². The molecule has 0 aromatic rings. The van der Waals surface area contributed by atoms with E-state index >= 15 is 0 Å². The van der Waals surface area contributed by atoms with Crippen molar-refractivity contribution in [3.05, 3.63) is 0 Å². The Hall–Kier alpha value is -0.0800. The van der Waals surface area contributed by atoms with Crippen molar-refractivity contribution in [3.8, 4) is 0 Å². The quantitative estimate of drug-likeness (QED) is 0.741. The number of hydrogen-bond acceptors (Lipinski definition) is 2. The molecule has 2 aliphatic rings. The van der Waals surface area contributed by atoms with Gasteiger partial charge in [0.25, 0.3) is 0 Å². The fraction of sp³-hybridized carbons (Fsp3) is 1.00. The molecule has 2 atom stereocenters. The molecule has 2 unspecified atom stereocenters. The van der Waals surface area contributed by atoms with Crippen LogP contribution in [0.1, 0.15) is 39.5 Å². The van der Waals surface area contributed by atoms with E-state index in [1.165, 1.54) is 45.3 Å². The van der Waals surface area contributed by atoms with Gasteiger partial charge in [0.05, 0.1) is 0 Å². The van der Waals surface area contributed by atoms with Crippen LogP contribution >= 0.6 is 0 Å². The highest BCUT2D eigenvalue weighted by Crippen LogP contribution is 2.26. The molecular weight excluding hydrogens is 172 g/mol. The lowest BCUT2D eigenvalue weighted by molar-refractivity contribution is 0.165. The number of rotatable bonds is 3. The van der Waals surface area contributed by atoms with Gasteiger partial charge in [-0.15, -0.1) is 0 Å². The normalized spacial score (nSPS) is 33.6. The molecule has 14 heavy (non-hydrogen) atoms. The van der Waals surface area contributed by atoms with Gasteiger partial charge in [-0.05, 0) is 51.2 Å². The van der Waals surface area contributed by atoms with E-state index in [-0.39, 0.29) is 0 Å². The Balaban J connectivity index is 1.74. The lowest BCUT2D eigenvalue weighted by Crippen LogP contribution is -2.46. The van der Waals surface area contributed by atoms with Crippen LogP contribution in [0.4, 0.5) is 0 Å². The third kappa shape index (κ3) is 2.48. The third-order valence-corrected chi connectivity index (χ3v) is 3.64. The molecule has 0 bridgehead atoms. The monoisotopic (exact) mass is 196 g/mol. The van der Waals surface area contributed by atoms with Crippen molar-refractivity contribution in [2.24, 2.45) is 5.92 Å². The SMILES string of the molecule is CC(C)CNC1CCN2CCCC2C1. The van der Waals surface area contributed by atoms with Gasteiger partial charge >= 0.3 is 0 Å². The zero-order valence-electron chi connectivity index (χ0n) is 9.63. The van der Waals surface area contributed by atoms with Gasteiger partial charge in [-0.2, -0.15) is 0 Å². The minimum Gasteiger partial charge on any atom is -0.314 e. The van der Waals surface area contributed by atoms with E-state index in [1.54, 1.807) is 0 Å². The van der Waals surface area contributed by atoms with Gasteiger partial charge in [0.1, 0.15) is 0 Å². The molecule has 0 aromatic carbocycles. The second kappa shape index (κ2) is 4.63. The summed E-state index contributed by atoms with van der Waals surface area (Å²) in [6.07, 6.45) is 5.64. The molecule has 2 aliphatic heterocycles. The highest BCUT2D eigenvalue weighted by Gasteiger charge is 2.31. The predicted molar refractivity (Wildman–Crippen MR) is 60.5 cm³/mol. The molecule has 1 N–H and O–H groups in total. The molecule has 0 amide bonds. The highest BCUT2D eigenvalue weighted by molar-refractivity contribution is 4.89. The van der Waals surface area contributed by atoms with Crippen LogP contribution in [0.15, 0.2) is 0 Å². The van der Waals surface area contributed by atoms with E-state index in [0.717, 1.165) is 18.0 Å². The minimum atomic E-state index is 0.789. The number of nitrogens with zero attached hydrogens (tertiary/aromatic N) is 1. The molecule has 2 heteroatoms. The van der Waals surface area contributed by atoms with Crippen LogP contribution < -0.4 is 5.32 Å². The van der Waals surface area contributed by atoms with Crippen LogP contribution in [0.3, 0.4) is 0 Å². The predicted octanol–water partition coefficient (Wildman–Crippen LogP) is 1.86. The van der Waals surface area contributed by atoms with Crippen molar-refractivity contribution >= 4 is 0 Å². The highest BCUT2D eigenvalue weighted by atomic mass is 15.2. The van der Waals surface area contributed by atoms with E-state index in [4.69, 9.17) is 0 Å². The average Bonchev–Trinajstić information content (AvgIpc) is 2.61. The minimum absolute atomic E-state index is 0.789. The second-order valence-electron chi connectivity index (χ2n) is 5.36. The summed E-state index contributed by atoms with van der Waals surface area (Å²) >= 11 is 0. The average molecular weight is 196 g/mol. The summed E-state index contributed by atoms with van der Waals surface area (Å²) < 4.78 is 0. The lowest BCUT2D eigenvalue weighted by Gasteiger charge is -2.35. The first-order valence-corrected chi connectivity index (χ1v) is 6.23. The van der Waals surface area contributed by atoms with Crippen LogP contribution in [-0.2, 0) is 0 Å². The van der Waals surface area contributed by atoms with Crippen molar-refractivity contribution in [2.75, 3.05) is 19.6 Å². The van der Waals surface area contributed by atoms with Gasteiger partial charge in [0, 0.05) is 12.1 Å². The largest absolute Gasteiger partial charge is 0.314 e. The van der Waals surface area contributed by atoms with Crippen LogP contribution in [-0.4, -0.2) is 36.6 Å². The maximum Gasteiger partial charge on any atom is 0.0111 e. The molecule has 0 radical (unpaired) electrons. The Morgan fingerprint density at radius 3 is 2.93 bits per heavy atom.